The number of carboxylic acids is 1. The normalized spacial score (nSPS) is 10.7. The lowest BCUT2D eigenvalue weighted by atomic mass is 10.1. The number of aromatic nitrogens is 1. The van der Waals surface area contributed by atoms with Crippen LogP contribution < -0.4 is 4.74 Å². The monoisotopic (exact) mass is 239 g/mol. The van der Waals surface area contributed by atoms with Crippen LogP contribution in [0.25, 0.3) is 10.9 Å². The van der Waals surface area contributed by atoms with Crippen molar-refractivity contribution in [2.45, 2.75) is 6.92 Å². The first-order valence-electron chi connectivity index (χ1n) is 4.64. The summed E-state index contributed by atoms with van der Waals surface area (Å²) in [6, 6.07) is 3.41. The van der Waals surface area contributed by atoms with Gasteiger partial charge in [-0.15, -0.1) is 0 Å². The van der Waals surface area contributed by atoms with Crippen LogP contribution >= 0.6 is 11.6 Å². The molecule has 0 aliphatic heterocycles. The van der Waals surface area contributed by atoms with Gasteiger partial charge >= 0.3 is 5.97 Å². The summed E-state index contributed by atoms with van der Waals surface area (Å²) < 4.78 is 5.15. The Hall–Kier alpha value is -1.68. The smallest absolute Gasteiger partial charge is 0.338 e. The van der Waals surface area contributed by atoms with Crippen LogP contribution in [-0.4, -0.2) is 23.2 Å². The molecule has 1 aromatic heterocycles. The standard InChI is InChI=1S/C11H10ClNO3/c1-5-8(11(14)15)9-7(13-5)4-3-6(12)10(9)16-2/h3-4,13H,1-2H3,(H,14,15). The minimum Gasteiger partial charge on any atom is -0.494 e. The Kier molecular flexibility index (Phi) is 2.52. The van der Waals surface area contributed by atoms with Gasteiger partial charge in [-0.25, -0.2) is 4.79 Å². The van der Waals surface area contributed by atoms with Crippen LogP contribution in [0.3, 0.4) is 0 Å². The Morgan fingerprint density at radius 1 is 1.50 bits per heavy atom. The molecule has 0 unspecified atom stereocenters. The third kappa shape index (κ3) is 1.42. The van der Waals surface area contributed by atoms with E-state index in [4.69, 9.17) is 21.4 Å². The van der Waals surface area contributed by atoms with Crippen LogP contribution in [0.2, 0.25) is 5.02 Å². The van der Waals surface area contributed by atoms with Crippen LogP contribution in [0.4, 0.5) is 0 Å². The Balaban J connectivity index is 2.94. The number of aryl methyl sites for hydroxylation is 1. The molecule has 84 valence electrons. The van der Waals surface area contributed by atoms with Crippen LogP contribution in [-0.2, 0) is 0 Å². The van der Waals surface area contributed by atoms with Gasteiger partial charge in [-0.1, -0.05) is 11.6 Å². The van der Waals surface area contributed by atoms with Gasteiger partial charge in [0.05, 0.1) is 28.6 Å². The number of ether oxygens (including phenoxy) is 1. The number of halogens is 1. The van der Waals surface area contributed by atoms with E-state index in [0.717, 1.165) is 0 Å². The number of hydrogen-bond donors (Lipinski definition) is 2. The number of nitrogens with one attached hydrogen (secondary N) is 1. The first-order valence-corrected chi connectivity index (χ1v) is 5.02. The van der Waals surface area contributed by atoms with E-state index in [0.29, 0.717) is 27.4 Å². The number of aromatic amines is 1. The van der Waals surface area contributed by atoms with Crippen molar-refractivity contribution in [2.24, 2.45) is 0 Å². The highest BCUT2D eigenvalue weighted by molar-refractivity contribution is 6.33. The first kappa shape index (κ1) is 10.8. The lowest BCUT2D eigenvalue weighted by Gasteiger charge is -2.05. The molecule has 2 N–H and O–H groups in total. The largest absolute Gasteiger partial charge is 0.494 e. The van der Waals surface area contributed by atoms with E-state index in [1.165, 1.54) is 7.11 Å². The van der Waals surface area contributed by atoms with Gasteiger partial charge in [-0.05, 0) is 19.1 Å². The van der Waals surface area contributed by atoms with Crippen LogP contribution in [0.5, 0.6) is 5.75 Å². The number of hydrogen-bond acceptors (Lipinski definition) is 2. The van der Waals surface area contributed by atoms with Gasteiger partial charge < -0.3 is 14.8 Å². The lowest BCUT2D eigenvalue weighted by Crippen LogP contribution is -1.98. The number of aromatic carboxylic acids is 1. The Labute approximate surface area is 96.8 Å². The number of rotatable bonds is 2. The highest BCUT2D eigenvalue weighted by Crippen LogP contribution is 2.36. The van der Waals surface area contributed by atoms with Gasteiger partial charge in [0, 0.05) is 5.69 Å². The van der Waals surface area contributed by atoms with Crippen molar-refractivity contribution in [3.8, 4) is 5.75 Å². The average molecular weight is 240 g/mol. The zero-order chi connectivity index (χ0) is 11.9. The van der Waals surface area contributed by atoms with Crippen molar-refractivity contribution in [2.75, 3.05) is 7.11 Å². The summed E-state index contributed by atoms with van der Waals surface area (Å²) in [5, 5.41) is 10.1. The molecular weight excluding hydrogens is 230 g/mol. The van der Waals surface area contributed by atoms with Gasteiger partial charge in [0.1, 0.15) is 5.75 Å². The Morgan fingerprint density at radius 2 is 2.19 bits per heavy atom. The predicted molar refractivity (Wildman–Crippen MR) is 61.6 cm³/mol. The van der Waals surface area contributed by atoms with Crippen LogP contribution in [0.1, 0.15) is 16.1 Å². The molecular formula is C11H10ClNO3. The fraction of sp³-hybridized carbons (Fsp3) is 0.182. The third-order valence-corrected chi connectivity index (χ3v) is 2.77. The van der Waals surface area contributed by atoms with E-state index < -0.39 is 5.97 Å². The summed E-state index contributed by atoms with van der Waals surface area (Å²) in [5.74, 6) is -0.606. The maximum atomic E-state index is 11.2. The summed E-state index contributed by atoms with van der Waals surface area (Å²) >= 11 is 5.96. The highest BCUT2D eigenvalue weighted by Gasteiger charge is 2.20. The minimum absolute atomic E-state index is 0.203. The molecule has 1 heterocycles. The predicted octanol–water partition coefficient (Wildman–Crippen LogP) is 2.84. The molecule has 0 saturated carbocycles. The van der Waals surface area contributed by atoms with Crippen molar-refractivity contribution >= 4 is 28.5 Å². The molecule has 0 bridgehead atoms. The van der Waals surface area contributed by atoms with E-state index in [1.807, 2.05) is 0 Å². The Bertz CT molecular complexity index is 574. The van der Waals surface area contributed by atoms with Gasteiger partial charge in [-0.2, -0.15) is 0 Å². The van der Waals surface area contributed by atoms with E-state index in [2.05, 4.69) is 4.98 Å². The van der Waals surface area contributed by atoms with Crippen molar-refractivity contribution in [3.05, 3.63) is 28.4 Å². The SMILES string of the molecule is COc1c(Cl)ccc2[nH]c(C)c(C(=O)O)c12. The van der Waals surface area contributed by atoms with Gasteiger partial charge in [0.15, 0.2) is 0 Å². The number of benzene rings is 1. The molecule has 0 fully saturated rings. The Morgan fingerprint density at radius 3 is 2.75 bits per heavy atom. The van der Waals surface area contributed by atoms with E-state index in [-0.39, 0.29) is 5.56 Å². The molecule has 0 amide bonds. The number of methoxy groups -OCH3 is 1. The topological polar surface area (TPSA) is 62.3 Å². The molecule has 0 aliphatic carbocycles. The highest BCUT2D eigenvalue weighted by atomic mass is 35.5. The van der Waals surface area contributed by atoms with Crippen molar-refractivity contribution in [3.63, 3.8) is 0 Å². The second-order valence-electron chi connectivity index (χ2n) is 3.43. The molecule has 1 aromatic carbocycles. The molecule has 0 spiro atoms. The second-order valence-corrected chi connectivity index (χ2v) is 3.84. The molecule has 0 radical (unpaired) electrons. The third-order valence-electron chi connectivity index (χ3n) is 2.47. The number of carboxylic acid groups (broad SMARTS) is 1. The van der Waals surface area contributed by atoms with E-state index in [9.17, 15) is 4.79 Å². The molecule has 2 aromatic rings. The quantitative estimate of drug-likeness (QED) is 0.847. The van der Waals surface area contributed by atoms with E-state index >= 15 is 0 Å². The maximum Gasteiger partial charge on any atom is 0.338 e. The number of carbonyl (C=O) groups is 1. The summed E-state index contributed by atoms with van der Waals surface area (Å²) in [5.41, 5.74) is 1.49. The number of fused-ring (bicyclic) bond motifs is 1. The number of H-pyrrole nitrogens is 1. The molecule has 5 heteroatoms. The summed E-state index contributed by atoms with van der Waals surface area (Å²) in [6.45, 7) is 1.71. The van der Waals surface area contributed by atoms with Crippen LogP contribution in [0.15, 0.2) is 12.1 Å². The first-order chi connectivity index (χ1) is 7.56. The molecule has 0 atom stereocenters. The fourth-order valence-corrected chi connectivity index (χ4v) is 2.06. The summed E-state index contributed by atoms with van der Waals surface area (Å²) in [6.07, 6.45) is 0. The maximum absolute atomic E-state index is 11.2. The zero-order valence-corrected chi connectivity index (χ0v) is 9.55. The minimum atomic E-state index is -0.996. The molecule has 0 aliphatic rings. The molecule has 16 heavy (non-hydrogen) atoms. The van der Waals surface area contributed by atoms with Crippen LogP contribution in [0, 0.1) is 6.92 Å². The van der Waals surface area contributed by atoms with Gasteiger partial charge in [-0.3, -0.25) is 0 Å². The molecule has 2 rings (SSSR count). The second kappa shape index (κ2) is 3.72. The van der Waals surface area contributed by atoms with Gasteiger partial charge in [0.25, 0.3) is 0 Å². The van der Waals surface area contributed by atoms with Crippen molar-refractivity contribution in [1.82, 2.24) is 4.98 Å². The zero-order valence-electron chi connectivity index (χ0n) is 8.80. The van der Waals surface area contributed by atoms with Crippen molar-refractivity contribution < 1.29 is 14.6 Å². The summed E-state index contributed by atoms with van der Waals surface area (Å²) in [7, 11) is 1.47. The van der Waals surface area contributed by atoms with E-state index in [1.54, 1.807) is 19.1 Å². The molecule has 0 saturated heterocycles. The fourth-order valence-electron chi connectivity index (χ4n) is 1.83. The van der Waals surface area contributed by atoms with Gasteiger partial charge in [0.2, 0.25) is 0 Å². The van der Waals surface area contributed by atoms with Crippen molar-refractivity contribution in [1.29, 1.82) is 0 Å². The molecule has 4 nitrogen and oxygen atoms in total. The average Bonchev–Trinajstić information content (AvgIpc) is 2.54. The summed E-state index contributed by atoms with van der Waals surface area (Å²) in [4.78, 5) is 14.1. The lowest BCUT2D eigenvalue weighted by molar-refractivity contribution is 0.0698.